The summed E-state index contributed by atoms with van der Waals surface area (Å²) in [5.74, 6) is -0.657. The maximum atomic E-state index is 11.2. The Morgan fingerprint density at radius 2 is 2.16 bits per heavy atom. The molecule has 0 aromatic heterocycles. The first-order valence-corrected chi connectivity index (χ1v) is 7.20. The number of rotatable bonds is 5. The quantitative estimate of drug-likeness (QED) is 0.886. The van der Waals surface area contributed by atoms with Crippen LogP contribution < -0.4 is 0 Å². The molecule has 104 valence electrons. The van der Waals surface area contributed by atoms with E-state index in [9.17, 15) is 9.90 Å². The minimum atomic E-state index is -0.657. The molecule has 1 heterocycles. The Bertz CT molecular complexity index is 431. The summed E-state index contributed by atoms with van der Waals surface area (Å²) in [7, 11) is 0. The van der Waals surface area contributed by atoms with Gasteiger partial charge in [0.15, 0.2) is 0 Å². The molecule has 1 N–H and O–H groups in total. The first-order chi connectivity index (χ1) is 9.18. The van der Waals surface area contributed by atoms with E-state index < -0.39 is 5.97 Å². The average Bonchev–Trinajstić information content (AvgIpc) is 2.41. The second-order valence-electron chi connectivity index (χ2n) is 5.42. The van der Waals surface area contributed by atoms with Crippen molar-refractivity contribution in [3.05, 3.63) is 35.4 Å². The van der Waals surface area contributed by atoms with Gasteiger partial charge in [-0.1, -0.05) is 30.7 Å². The summed E-state index contributed by atoms with van der Waals surface area (Å²) in [5, 5.41) is 9.23. The Balaban J connectivity index is 1.84. The molecule has 3 nitrogen and oxygen atoms in total. The number of carboxylic acids is 1. The van der Waals surface area contributed by atoms with E-state index in [1.807, 2.05) is 0 Å². The number of aryl methyl sites for hydroxylation is 2. The molecule has 1 aliphatic heterocycles. The molecule has 1 atom stereocenters. The fraction of sp³-hybridized carbons (Fsp3) is 0.562. The highest BCUT2D eigenvalue weighted by molar-refractivity contribution is 5.73. The van der Waals surface area contributed by atoms with Gasteiger partial charge in [0.05, 0.1) is 0 Å². The number of hydrogen-bond donors (Lipinski definition) is 1. The molecule has 1 fully saturated rings. The second kappa shape index (κ2) is 6.71. The zero-order valence-electron chi connectivity index (χ0n) is 11.6. The average molecular weight is 261 g/mol. The molecule has 0 radical (unpaired) electrons. The van der Waals surface area contributed by atoms with E-state index in [-0.39, 0.29) is 6.04 Å². The van der Waals surface area contributed by atoms with Crippen molar-refractivity contribution >= 4 is 5.97 Å². The topological polar surface area (TPSA) is 40.5 Å². The predicted octanol–water partition coefficient (Wildman–Crippen LogP) is 2.87. The number of likely N-dealkylation sites (tertiary alicyclic amines) is 1. The summed E-state index contributed by atoms with van der Waals surface area (Å²) in [6.07, 6.45) is 5.06. The summed E-state index contributed by atoms with van der Waals surface area (Å²) in [6.45, 7) is 3.96. The van der Waals surface area contributed by atoms with Gasteiger partial charge in [-0.15, -0.1) is 0 Å². The minimum Gasteiger partial charge on any atom is -0.480 e. The van der Waals surface area contributed by atoms with Crippen molar-refractivity contribution in [2.75, 3.05) is 13.1 Å². The maximum Gasteiger partial charge on any atom is 0.320 e. The Morgan fingerprint density at radius 1 is 1.37 bits per heavy atom. The van der Waals surface area contributed by atoms with Crippen LogP contribution in [0.3, 0.4) is 0 Å². The van der Waals surface area contributed by atoms with Crippen molar-refractivity contribution in [2.45, 2.75) is 45.1 Å². The van der Waals surface area contributed by atoms with Crippen LogP contribution in [0.4, 0.5) is 0 Å². The van der Waals surface area contributed by atoms with E-state index in [0.29, 0.717) is 0 Å². The number of piperidine rings is 1. The SMILES string of the molecule is Cc1ccccc1CCCN1CCCCC1C(=O)O. The standard InChI is InChI=1S/C16H23NO2/c1-13-7-2-3-8-14(13)9-6-12-17-11-5-4-10-15(17)16(18)19/h2-3,7-8,15H,4-6,9-12H2,1H3,(H,18,19). The number of benzene rings is 1. The molecule has 1 aliphatic rings. The van der Waals surface area contributed by atoms with Crippen LogP contribution in [-0.2, 0) is 11.2 Å². The van der Waals surface area contributed by atoms with Gasteiger partial charge < -0.3 is 5.11 Å². The van der Waals surface area contributed by atoms with Gasteiger partial charge in [0, 0.05) is 0 Å². The first-order valence-electron chi connectivity index (χ1n) is 7.20. The van der Waals surface area contributed by atoms with Gasteiger partial charge in [0.2, 0.25) is 0 Å². The number of aliphatic carboxylic acids is 1. The molecular formula is C16H23NO2. The summed E-state index contributed by atoms with van der Waals surface area (Å²) in [6, 6.07) is 8.18. The van der Waals surface area contributed by atoms with Crippen molar-refractivity contribution in [1.82, 2.24) is 4.90 Å². The lowest BCUT2D eigenvalue weighted by atomic mass is 10.0. The second-order valence-corrected chi connectivity index (χ2v) is 5.42. The third-order valence-electron chi connectivity index (χ3n) is 4.05. The number of hydrogen-bond acceptors (Lipinski definition) is 2. The monoisotopic (exact) mass is 261 g/mol. The van der Waals surface area contributed by atoms with Crippen molar-refractivity contribution in [2.24, 2.45) is 0 Å². The molecule has 3 heteroatoms. The summed E-state index contributed by atoms with van der Waals surface area (Å²) < 4.78 is 0. The Kier molecular flexibility index (Phi) is 4.97. The molecule has 0 saturated carbocycles. The van der Waals surface area contributed by atoms with E-state index >= 15 is 0 Å². The van der Waals surface area contributed by atoms with Crippen molar-refractivity contribution in [1.29, 1.82) is 0 Å². The molecule has 0 bridgehead atoms. The normalized spacial score (nSPS) is 20.4. The van der Waals surface area contributed by atoms with Gasteiger partial charge in [-0.05, 0) is 56.8 Å². The highest BCUT2D eigenvalue weighted by Gasteiger charge is 2.27. The van der Waals surface area contributed by atoms with Crippen LogP contribution in [0.2, 0.25) is 0 Å². The Hall–Kier alpha value is -1.35. The van der Waals surface area contributed by atoms with E-state index in [2.05, 4.69) is 36.1 Å². The summed E-state index contributed by atoms with van der Waals surface area (Å²) >= 11 is 0. The molecule has 0 aliphatic carbocycles. The highest BCUT2D eigenvalue weighted by Crippen LogP contribution is 2.18. The third kappa shape index (κ3) is 3.80. The molecule has 0 amide bonds. The molecule has 1 saturated heterocycles. The summed E-state index contributed by atoms with van der Waals surface area (Å²) in [5.41, 5.74) is 2.71. The van der Waals surface area contributed by atoms with Crippen molar-refractivity contribution < 1.29 is 9.90 Å². The van der Waals surface area contributed by atoms with Crippen LogP contribution in [0, 0.1) is 6.92 Å². The fourth-order valence-corrected chi connectivity index (χ4v) is 2.90. The number of carboxylic acid groups (broad SMARTS) is 1. The molecule has 1 unspecified atom stereocenters. The van der Waals surface area contributed by atoms with Crippen molar-refractivity contribution in [3.8, 4) is 0 Å². The largest absolute Gasteiger partial charge is 0.480 e. The van der Waals surface area contributed by atoms with E-state index in [4.69, 9.17) is 0 Å². The van der Waals surface area contributed by atoms with E-state index in [0.717, 1.165) is 45.2 Å². The van der Waals surface area contributed by atoms with Crippen LogP contribution in [0.5, 0.6) is 0 Å². The smallest absolute Gasteiger partial charge is 0.320 e. The van der Waals surface area contributed by atoms with Gasteiger partial charge in [-0.3, -0.25) is 9.69 Å². The van der Waals surface area contributed by atoms with Crippen LogP contribution in [0.1, 0.15) is 36.8 Å². The number of nitrogens with zero attached hydrogens (tertiary/aromatic N) is 1. The van der Waals surface area contributed by atoms with Crippen molar-refractivity contribution in [3.63, 3.8) is 0 Å². The van der Waals surface area contributed by atoms with Crippen LogP contribution in [0.15, 0.2) is 24.3 Å². The molecule has 1 aromatic rings. The predicted molar refractivity (Wildman–Crippen MR) is 76.3 cm³/mol. The van der Waals surface area contributed by atoms with Gasteiger partial charge in [-0.2, -0.15) is 0 Å². The number of carbonyl (C=O) groups is 1. The zero-order chi connectivity index (χ0) is 13.7. The summed E-state index contributed by atoms with van der Waals surface area (Å²) in [4.78, 5) is 13.4. The van der Waals surface area contributed by atoms with Crippen LogP contribution in [-0.4, -0.2) is 35.1 Å². The lowest BCUT2D eigenvalue weighted by Crippen LogP contribution is -2.45. The third-order valence-corrected chi connectivity index (χ3v) is 4.05. The van der Waals surface area contributed by atoms with Gasteiger partial charge >= 0.3 is 5.97 Å². The van der Waals surface area contributed by atoms with E-state index in [1.165, 1.54) is 11.1 Å². The van der Waals surface area contributed by atoms with Gasteiger partial charge in [0.1, 0.15) is 6.04 Å². The van der Waals surface area contributed by atoms with Gasteiger partial charge in [0.25, 0.3) is 0 Å². The minimum absolute atomic E-state index is 0.259. The van der Waals surface area contributed by atoms with Crippen LogP contribution >= 0.6 is 0 Å². The van der Waals surface area contributed by atoms with Gasteiger partial charge in [-0.25, -0.2) is 0 Å². The first kappa shape index (κ1) is 14.1. The molecule has 0 spiro atoms. The molecule has 1 aromatic carbocycles. The molecule has 2 rings (SSSR count). The highest BCUT2D eigenvalue weighted by atomic mass is 16.4. The van der Waals surface area contributed by atoms with E-state index in [1.54, 1.807) is 0 Å². The molecular weight excluding hydrogens is 238 g/mol. The maximum absolute atomic E-state index is 11.2. The zero-order valence-corrected chi connectivity index (χ0v) is 11.6. The lowest BCUT2D eigenvalue weighted by Gasteiger charge is -2.32. The Morgan fingerprint density at radius 3 is 2.89 bits per heavy atom. The van der Waals surface area contributed by atoms with Crippen LogP contribution in [0.25, 0.3) is 0 Å². The lowest BCUT2D eigenvalue weighted by molar-refractivity contribution is -0.144. The Labute approximate surface area is 115 Å². The molecule has 19 heavy (non-hydrogen) atoms. The fourth-order valence-electron chi connectivity index (χ4n) is 2.90.